The van der Waals surface area contributed by atoms with E-state index in [1.807, 2.05) is 18.4 Å². The van der Waals surface area contributed by atoms with Crippen LogP contribution in [0.4, 0.5) is 0 Å². The van der Waals surface area contributed by atoms with Crippen LogP contribution >= 0.6 is 22.7 Å². The fraction of sp³-hybridized carbons (Fsp3) is 0.267. The summed E-state index contributed by atoms with van der Waals surface area (Å²) < 4.78 is 0. The van der Waals surface area contributed by atoms with Gasteiger partial charge in [-0.2, -0.15) is 0 Å². The van der Waals surface area contributed by atoms with Crippen molar-refractivity contribution in [1.29, 1.82) is 0 Å². The molecule has 0 spiro atoms. The zero-order valence-electron chi connectivity index (χ0n) is 11.1. The van der Waals surface area contributed by atoms with Gasteiger partial charge in [-0.1, -0.05) is 17.9 Å². The number of carbonyl (C=O) groups excluding carboxylic acids is 1. The average Bonchev–Trinajstić information content (AvgIpc) is 3.07. The van der Waals surface area contributed by atoms with Crippen molar-refractivity contribution in [2.24, 2.45) is 0 Å². The summed E-state index contributed by atoms with van der Waals surface area (Å²) in [5.41, 5.74) is 0.621. The largest absolute Gasteiger partial charge is 0.384 e. The molecule has 0 aliphatic rings. The van der Waals surface area contributed by atoms with Gasteiger partial charge in [0.2, 0.25) is 0 Å². The molecule has 0 saturated carbocycles. The highest BCUT2D eigenvalue weighted by molar-refractivity contribution is 7.10. The summed E-state index contributed by atoms with van der Waals surface area (Å²) >= 11 is 3.10. The van der Waals surface area contributed by atoms with Gasteiger partial charge < -0.3 is 10.4 Å². The minimum atomic E-state index is -0.169. The maximum Gasteiger partial charge on any atom is 0.252 e. The fourth-order valence-electron chi connectivity index (χ4n) is 1.74. The third-order valence-electron chi connectivity index (χ3n) is 2.62. The Morgan fingerprint density at radius 3 is 3.05 bits per heavy atom. The van der Waals surface area contributed by atoms with Crippen molar-refractivity contribution in [2.45, 2.75) is 19.4 Å². The van der Waals surface area contributed by atoms with Crippen LogP contribution in [-0.2, 0) is 6.42 Å². The Hall–Kier alpha value is -1.61. The minimum absolute atomic E-state index is 0.0812. The molecule has 2 aromatic heterocycles. The Morgan fingerprint density at radius 2 is 2.35 bits per heavy atom. The molecular weight excluding hydrogens is 290 g/mol. The van der Waals surface area contributed by atoms with Gasteiger partial charge in [0.1, 0.15) is 6.61 Å². The number of hydrogen-bond donors (Lipinski definition) is 2. The van der Waals surface area contributed by atoms with E-state index < -0.39 is 0 Å². The summed E-state index contributed by atoms with van der Waals surface area (Å²) in [5.74, 6) is 5.29. The molecule has 1 atom stereocenters. The normalized spacial score (nSPS) is 11.5. The van der Waals surface area contributed by atoms with Crippen molar-refractivity contribution in [3.63, 3.8) is 0 Å². The summed E-state index contributed by atoms with van der Waals surface area (Å²) in [4.78, 5) is 14.1. The van der Waals surface area contributed by atoms with Crippen LogP contribution in [0.2, 0.25) is 0 Å². The average molecular weight is 305 g/mol. The molecule has 0 aliphatic carbocycles. The first-order chi connectivity index (χ1) is 9.69. The van der Waals surface area contributed by atoms with Crippen LogP contribution in [0.3, 0.4) is 0 Å². The van der Waals surface area contributed by atoms with Crippen molar-refractivity contribution >= 4 is 28.6 Å². The molecule has 0 aromatic carbocycles. The maximum absolute atomic E-state index is 12.1. The predicted molar refractivity (Wildman–Crippen MR) is 83.2 cm³/mol. The predicted octanol–water partition coefficient (Wildman–Crippen LogP) is 2.51. The number of carbonyl (C=O) groups is 1. The van der Waals surface area contributed by atoms with E-state index in [1.165, 1.54) is 16.2 Å². The van der Waals surface area contributed by atoms with Crippen LogP contribution in [0.15, 0.2) is 29.0 Å². The van der Waals surface area contributed by atoms with Crippen molar-refractivity contribution < 1.29 is 9.90 Å². The van der Waals surface area contributed by atoms with Crippen LogP contribution in [0.1, 0.15) is 27.0 Å². The number of amides is 1. The van der Waals surface area contributed by atoms with Gasteiger partial charge in [-0.25, -0.2) is 0 Å². The van der Waals surface area contributed by atoms with Gasteiger partial charge in [-0.05, 0) is 24.4 Å². The Morgan fingerprint density at radius 1 is 1.50 bits per heavy atom. The topological polar surface area (TPSA) is 49.3 Å². The van der Waals surface area contributed by atoms with E-state index in [0.717, 1.165) is 11.3 Å². The third kappa shape index (κ3) is 4.20. The Kier molecular flexibility index (Phi) is 5.36. The van der Waals surface area contributed by atoms with E-state index in [9.17, 15) is 4.79 Å². The van der Waals surface area contributed by atoms with E-state index in [-0.39, 0.29) is 18.6 Å². The second kappa shape index (κ2) is 7.25. The van der Waals surface area contributed by atoms with E-state index in [0.29, 0.717) is 5.56 Å². The first-order valence-electron chi connectivity index (χ1n) is 6.20. The smallest absolute Gasteiger partial charge is 0.252 e. The van der Waals surface area contributed by atoms with Crippen LogP contribution in [0.5, 0.6) is 0 Å². The minimum Gasteiger partial charge on any atom is -0.384 e. The highest BCUT2D eigenvalue weighted by Crippen LogP contribution is 2.15. The van der Waals surface area contributed by atoms with Gasteiger partial charge in [0.05, 0.1) is 10.4 Å². The third-order valence-corrected chi connectivity index (χ3v) is 4.36. The first-order valence-corrected chi connectivity index (χ1v) is 7.96. The van der Waals surface area contributed by atoms with E-state index in [4.69, 9.17) is 5.11 Å². The number of rotatable bonds is 4. The van der Waals surface area contributed by atoms with Crippen molar-refractivity contribution in [1.82, 2.24) is 5.32 Å². The van der Waals surface area contributed by atoms with E-state index >= 15 is 0 Å². The molecule has 2 rings (SSSR count). The zero-order valence-corrected chi connectivity index (χ0v) is 12.7. The van der Waals surface area contributed by atoms with Crippen molar-refractivity contribution in [3.8, 4) is 11.8 Å². The molecule has 5 heteroatoms. The molecule has 0 fully saturated rings. The summed E-state index contributed by atoms with van der Waals surface area (Å²) in [6.07, 6.45) is 0.838. The SMILES string of the molecule is CC(Cc1cccs1)NC(=O)c1csc(C#CCO)c1. The molecule has 0 aliphatic heterocycles. The lowest BCUT2D eigenvalue weighted by Gasteiger charge is -2.12. The molecule has 3 nitrogen and oxygen atoms in total. The van der Waals surface area contributed by atoms with Gasteiger partial charge in [-0.3, -0.25) is 4.79 Å². The Balaban J connectivity index is 1.92. The number of aliphatic hydroxyl groups is 1. The Bertz CT molecular complexity index is 620. The lowest BCUT2D eigenvalue weighted by atomic mass is 10.2. The van der Waals surface area contributed by atoms with Crippen molar-refractivity contribution in [2.75, 3.05) is 6.61 Å². The molecule has 0 saturated heterocycles. The Labute approximate surface area is 126 Å². The lowest BCUT2D eigenvalue weighted by Crippen LogP contribution is -2.33. The molecule has 104 valence electrons. The summed E-state index contributed by atoms with van der Waals surface area (Å²) in [5, 5.41) is 15.4. The second-order valence-corrected chi connectivity index (χ2v) is 6.26. The second-order valence-electron chi connectivity index (χ2n) is 4.32. The highest BCUT2D eigenvalue weighted by atomic mass is 32.1. The van der Waals surface area contributed by atoms with Crippen LogP contribution in [-0.4, -0.2) is 23.7 Å². The zero-order chi connectivity index (χ0) is 14.4. The molecule has 20 heavy (non-hydrogen) atoms. The molecule has 1 unspecified atom stereocenters. The van der Waals surface area contributed by atoms with Gasteiger partial charge in [-0.15, -0.1) is 22.7 Å². The molecule has 2 aromatic rings. The first kappa shape index (κ1) is 14.8. The summed E-state index contributed by atoms with van der Waals surface area (Å²) in [6.45, 7) is 1.83. The molecule has 0 bridgehead atoms. The molecule has 2 heterocycles. The fourth-order valence-corrected chi connectivity index (χ4v) is 3.33. The molecule has 1 amide bonds. The van der Waals surface area contributed by atoms with Crippen LogP contribution in [0, 0.1) is 11.8 Å². The standard InChI is InChI=1S/C15H15NO2S2/c1-11(8-13-5-3-7-19-13)16-15(18)12-9-14(20-10-12)4-2-6-17/h3,5,7,9-11,17H,6,8H2,1H3,(H,16,18). The quantitative estimate of drug-likeness (QED) is 0.853. The molecule has 2 N–H and O–H groups in total. The summed E-state index contributed by atoms with van der Waals surface area (Å²) in [7, 11) is 0. The van der Waals surface area contributed by atoms with Gasteiger partial charge in [0.15, 0.2) is 0 Å². The molecule has 0 radical (unpaired) electrons. The van der Waals surface area contributed by atoms with Crippen LogP contribution in [0.25, 0.3) is 0 Å². The van der Waals surface area contributed by atoms with E-state index in [1.54, 1.807) is 22.8 Å². The number of hydrogen-bond acceptors (Lipinski definition) is 4. The molecular formula is C15H15NO2S2. The summed E-state index contributed by atoms with van der Waals surface area (Å²) in [6, 6.07) is 5.92. The van der Waals surface area contributed by atoms with Crippen molar-refractivity contribution in [3.05, 3.63) is 44.3 Å². The van der Waals surface area contributed by atoms with E-state index in [2.05, 4.69) is 23.2 Å². The van der Waals surface area contributed by atoms with Gasteiger partial charge in [0, 0.05) is 22.7 Å². The monoisotopic (exact) mass is 305 g/mol. The number of thiophene rings is 2. The van der Waals surface area contributed by atoms with Gasteiger partial charge >= 0.3 is 0 Å². The number of aliphatic hydroxyl groups excluding tert-OH is 1. The maximum atomic E-state index is 12.1. The number of nitrogens with one attached hydrogen (secondary N) is 1. The lowest BCUT2D eigenvalue weighted by molar-refractivity contribution is 0.0940. The van der Waals surface area contributed by atoms with Crippen LogP contribution < -0.4 is 5.32 Å². The van der Waals surface area contributed by atoms with Gasteiger partial charge in [0.25, 0.3) is 5.91 Å². The highest BCUT2D eigenvalue weighted by Gasteiger charge is 2.12.